The lowest BCUT2D eigenvalue weighted by atomic mass is 9.79. The Kier molecular flexibility index (Phi) is 4.27. The van der Waals surface area contributed by atoms with Gasteiger partial charge in [0.2, 0.25) is 5.88 Å². The van der Waals surface area contributed by atoms with Gasteiger partial charge in [0.05, 0.1) is 25.1 Å². The van der Waals surface area contributed by atoms with E-state index >= 15 is 0 Å². The average Bonchev–Trinajstić information content (AvgIpc) is 2.90. The molecule has 1 aromatic carbocycles. The standard InChI is InChI=1S/C15H15BN2O5/c1-9(2)22-15(19)12-6-18-14(7-17-12)23-13-5-3-4-11-10(13)8-21-16(11)20/h3-7,9,20H,8H2,1-2H3. The molecule has 2 aromatic rings. The molecule has 3 rings (SSSR count). The summed E-state index contributed by atoms with van der Waals surface area (Å²) in [7, 11) is -0.937. The second-order valence-corrected chi connectivity index (χ2v) is 5.28. The summed E-state index contributed by atoms with van der Waals surface area (Å²) in [4.78, 5) is 19.8. The van der Waals surface area contributed by atoms with Crippen molar-refractivity contribution in [1.82, 2.24) is 9.97 Å². The van der Waals surface area contributed by atoms with Gasteiger partial charge in [-0.15, -0.1) is 0 Å². The molecule has 8 heteroatoms. The molecule has 0 saturated carbocycles. The van der Waals surface area contributed by atoms with Crippen molar-refractivity contribution in [3.63, 3.8) is 0 Å². The molecule has 23 heavy (non-hydrogen) atoms. The molecule has 0 amide bonds. The van der Waals surface area contributed by atoms with Gasteiger partial charge in [-0.05, 0) is 25.4 Å². The topological polar surface area (TPSA) is 90.8 Å². The third-order valence-electron chi connectivity index (χ3n) is 3.22. The van der Waals surface area contributed by atoms with E-state index in [0.717, 1.165) is 5.56 Å². The van der Waals surface area contributed by atoms with Gasteiger partial charge < -0.3 is 19.2 Å². The number of hydrogen-bond donors (Lipinski definition) is 1. The van der Waals surface area contributed by atoms with Crippen molar-refractivity contribution in [2.45, 2.75) is 26.6 Å². The molecule has 0 aliphatic carbocycles. The van der Waals surface area contributed by atoms with Gasteiger partial charge >= 0.3 is 13.1 Å². The Morgan fingerprint density at radius 1 is 1.35 bits per heavy atom. The normalized spacial score (nSPS) is 13.1. The van der Waals surface area contributed by atoms with Gasteiger partial charge in [0.25, 0.3) is 0 Å². The van der Waals surface area contributed by atoms with Crippen molar-refractivity contribution in [3.05, 3.63) is 41.9 Å². The predicted octanol–water partition coefficient (Wildman–Crippen LogP) is 1.05. The van der Waals surface area contributed by atoms with E-state index in [9.17, 15) is 9.82 Å². The highest BCUT2D eigenvalue weighted by molar-refractivity contribution is 6.61. The lowest BCUT2D eigenvalue weighted by molar-refractivity contribution is 0.0370. The van der Waals surface area contributed by atoms with Crippen LogP contribution in [0.5, 0.6) is 11.6 Å². The third-order valence-corrected chi connectivity index (χ3v) is 3.22. The van der Waals surface area contributed by atoms with Gasteiger partial charge in [0, 0.05) is 5.56 Å². The zero-order chi connectivity index (χ0) is 16.4. The lowest BCUT2D eigenvalue weighted by Gasteiger charge is -2.09. The van der Waals surface area contributed by atoms with Crippen LogP contribution in [0.25, 0.3) is 0 Å². The number of fused-ring (bicyclic) bond motifs is 1. The van der Waals surface area contributed by atoms with Crippen LogP contribution in [0.3, 0.4) is 0 Å². The van der Waals surface area contributed by atoms with Crippen molar-refractivity contribution in [2.75, 3.05) is 0 Å². The molecule has 2 heterocycles. The number of carbonyl (C=O) groups is 1. The summed E-state index contributed by atoms with van der Waals surface area (Å²) >= 11 is 0. The highest BCUT2D eigenvalue weighted by Gasteiger charge is 2.29. The van der Waals surface area contributed by atoms with Crippen LogP contribution < -0.4 is 10.2 Å². The van der Waals surface area contributed by atoms with Crippen LogP contribution in [-0.2, 0) is 16.0 Å². The Hall–Kier alpha value is -2.45. The zero-order valence-electron chi connectivity index (χ0n) is 12.7. The van der Waals surface area contributed by atoms with Gasteiger partial charge in [-0.1, -0.05) is 12.1 Å². The summed E-state index contributed by atoms with van der Waals surface area (Å²) in [5.74, 6) is 0.239. The fourth-order valence-corrected chi connectivity index (χ4v) is 2.18. The Morgan fingerprint density at radius 3 is 2.87 bits per heavy atom. The van der Waals surface area contributed by atoms with Crippen LogP contribution in [0.4, 0.5) is 0 Å². The minimum atomic E-state index is -0.937. The predicted molar refractivity (Wildman–Crippen MR) is 81.5 cm³/mol. The minimum Gasteiger partial charge on any atom is -0.458 e. The van der Waals surface area contributed by atoms with Gasteiger partial charge in [-0.3, -0.25) is 0 Å². The Morgan fingerprint density at radius 2 is 2.17 bits per heavy atom. The van der Waals surface area contributed by atoms with Crippen LogP contribution in [0.1, 0.15) is 29.9 Å². The van der Waals surface area contributed by atoms with Crippen LogP contribution in [0.15, 0.2) is 30.6 Å². The van der Waals surface area contributed by atoms with E-state index in [1.54, 1.807) is 32.0 Å². The molecule has 0 fully saturated rings. The van der Waals surface area contributed by atoms with E-state index in [4.69, 9.17) is 14.1 Å². The van der Waals surface area contributed by atoms with E-state index < -0.39 is 13.1 Å². The van der Waals surface area contributed by atoms with E-state index in [0.29, 0.717) is 11.2 Å². The van der Waals surface area contributed by atoms with Crippen LogP contribution >= 0.6 is 0 Å². The Bertz CT molecular complexity index is 720. The molecule has 1 N–H and O–H groups in total. The Balaban J connectivity index is 1.76. The number of nitrogens with zero attached hydrogens (tertiary/aromatic N) is 2. The highest BCUT2D eigenvalue weighted by atomic mass is 16.5. The first-order valence-corrected chi connectivity index (χ1v) is 7.17. The number of rotatable bonds is 4. The van der Waals surface area contributed by atoms with Crippen molar-refractivity contribution < 1.29 is 23.9 Å². The first-order chi connectivity index (χ1) is 11.0. The number of hydrogen-bond acceptors (Lipinski definition) is 7. The van der Waals surface area contributed by atoms with Crippen molar-refractivity contribution in [1.29, 1.82) is 0 Å². The van der Waals surface area contributed by atoms with E-state index in [-0.39, 0.29) is 24.3 Å². The second-order valence-electron chi connectivity index (χ2n) is 5.28. The van der Waals surface area contributed by atoms with Gasteiger partial charge in [0.15, 0.2) is 5.69 Å². The minimum absolute atomic E-state index is 0.114. The average molecular weight is 314 g/mol. The molecule has 7 nitrogen and oxygen atoms in total. The molecule has 1 aromatic heterocycles. The first-order valence-electron chi connectivity index (χ1n) is 7.17. The second kappa shape index (κ2) is 6.35. The number of esters is 1. The molecule has 0 atom stereocenters. The summed E-state index contributed by atoms with van der Waals surface area (Å²) in [6.45, 7) is 3.78. The summed E-state index contributed by atoms with van der Waals surface area (Å²) < 4.78 is 15.9. The van der Waals surface area contributed by atoms with E-state index in [1.165, 1.54) is 12.4 Å². The summed E-state index contributed by atoms with van der Waals surface area (Å²) in [6.07, 6.45) is 2.43. The summed E-state index contributed by atoms with van der Waals surface area (Å²) in [6, 6.07) is 5.28. The largest absolute Gasteiger partial charge is 0.491 e. The highest BCUT2D eigenvalue weighted by Crippen LogP contribution is 2.26. The smallest absolute Gasteiger partial charge is 0.458 e. The van der Waals surface area contributed by atoms with Crippen LogP contribution in [0, 0.1) is 0 Å². The molecule has 0 spiro atoms. The maximum Gasteiger partial charge on any atom is 0.491 e. The molecular weight excluding hydrogens is 299 g/mol. The van der Waals surface area contributed by atoms with Crippen molar-refractivity contribution >= 4 is 18.6 Å². The van der Waals surface area contributed by atoms with Gasteiger partial charge in [-0.25, -0.2) is 14.8 Å². The zero-order valence-corrected chi connectivity index (χ0v) is 12.7. The number of benzene rings is 1. The Labute approximate surface area is 133 Å². The van der Waals surface area contributed by atoms with Crippen molar-refractivity contribution in [3.8, 4) is 11.6 Å². The SMILES string of the molecule is CC(C)OC(=O)c1cnc(Oc2cccc3c2COB3O)cn1. The molecule has 0 bridgehead atoms. The molecule has 1 aliphatic rings. The van der Waals surface area contributed by atoms with Crippen molar-refractivity contribution in [2.24, 2.45) is 0 Å². The summed E-state index contributed by atoms with van der Waals surface area (Å²) in [5.41, 5.74) is 1.56. The monoisotopic (exact) mass is 314 g/mol. The van der Waals surface area contributed by atoms with E-state index in [1.807, 2.05) is 0 Å². The quantitative estimate of drug-likeness (QED) is 0.666. The molecular formula is C15H15BN2O5. The first kappa shape index (κ1) is 15.5. The fraction of sp³-hybridized carbons (Fsp3) is 0.267. The maximum absolute atomic E-state index is 11.7. The molecule has 0 radical (unpaired) electrons. The fourth-order valence-electron chi connectivity index (χ4n) is 2.18. The third kappa shape index (κ3) is 3.33. The molecule has 1 aliphatic heterocycles. The number of carbonyl (C=O) groups excluding carboxylic acids is 1. The summed E-state index contributed by atoms with van der Waals surface area (Å²) in [5, 5.41) is 9.68. The maximum atomic E-state index is 11.7. The molecule has 118 valence electrons. The molecule has 0 saturated heterocycles. The molecule has 0 unspecified atom stereocenters. The van der Waals surface area contributed by atoms with Gasteiger partial charge in [0.1, 0.15) is 5.75 Å². The van der Waals surface area contributed by atoms with Crippen LogP contribution in [0.2, 0.25) is 0 Å². The number of ether oxygens (including phenoxy) is 2. The lowest BCUT2D eigenvalue weighted by Crippen LogP contribution is -2.27. The van der Waals surface area contributed by atoms with Crippen LogP contribution in [-0.4, -0.2) is 34.2 Å². The van der Waals surface area contributed by atoms with Gasteiger partial charge in [-0.2, -0.15) is 0 Å². The van der Waals surface area contributed by atoms with E-state index in [2.05, 4.69) is 9.97 Å². The number of aromatic nitrogens is 2.